The second kappa shape index (κ2) is 6.53. The van der Waals surface area contributed by atoms with Crippen LogP contribution in [0.3, 0.4) is 0 Å². The van der Waals surface area contributed by atoms with Crippen molar-refractivity contribution in [1.29, 1.82) is 0 Å². The molecule has 0 bridgehead atoms. The number of carboxylic acid groups (broad SMARTS) is 1. The van der Waals surface area contributed by atoms with E-state index in [0.29, 0.717) is 11.1 Å². The van der Waals surface area contributed by atoms with Gasteiger partial charge in [-0.2, -0.15) is 4.90 Å². The molecule has 8 nitrogen and oxygen atoms in total. The SMILES string of the molecule is Cc1cc([N+](=O)[O-])c(N(C(=O)O)C(=O)OC(C)(C)C)c(Br)c1C. The van der Waals surface area contributed by atoms with Gasteiger partial charge in [0, 0.05) is 6.07 Å². The molecule has 0 spiro atoms. The number of amides is 2. The minimum Gasteiger partial charge on any atom is -0.464 e. The lowest BCUT2D eigenvalue weighted by atomic mass is 10.1. The molecule has 1 aromatic carbocycles. The lowest BCUT2D eigenvalue weighted by Gasteiger charge is -2.25. The van der Waals surface area contributed by atoms with E-state index in [2.05, 4.69) is 15.9 Å². The van der Waals surface area contributed by atoms with Gasteiger partial charge in [-0.15, -0.1) is 0 Å². The van der Waals surface area contributed by atoms with Gasteiger partial charge in [-0.3, -0.25) is 10.1 Å². The van der Waals surface area contributed by atoms with Gasteiger partial charge in [0.2, 0.25) is 0 Å². The molecule has 0 saturated heterocycles. The lowest BCUT2D eigenvalue weighted by Crippen LogP contribution is -2.40. The molecule has 23 heavy (non-hydrogen) atoms. The average molecular weight is 389 g/mol. The largest absolute Gasteiger partial charge is 0.464 e. The maximum Gasteiger partial charge on any atom is 0.424 e. The lowest BCUT2D eigenvalue weighted by molar-refractivity contribution is -0.384. The Morgan fingerprint density at radius 3 is 2.26 bits per heavy atom. The van der Waals surface area contributed by atoms with Gasteiger partial charge in [0.25, 0.3) is 5.69 Å². The monoisotopic (exact) mass is 388 g/mol. The fourth-order valence-corrected chi connectivity index (χ4v) is 2.46. The van der Waals surface area contributed by atoms with Crippen LogP contribution in [0, 0.1) is 24.0 Å². The second-order valence-corrected chi connectivity index (χ2v) is 6.65. The van der Waals surface area contributed by atoms with Crippen molar-refractivity contribution in [2.45, 2.75) is 40.2 Å². The number of benzene rings is 1. The zero-order valence-corrected chi connectivity index (χ0v) is 14.9. The first-order valence-corrected chi connectivity index (χ1v) is 7.36. The van der Waals surface area contributed by atoms with Gasteiger partial charge >= 0.3 is 12.2 Å². The number of nitro benzene ring substituents is 1. The molecule has 0 saturated carbocycles. The summed E-state index contributed by atoms with van der Waals surface area (Å²) in [5.74, 6) is 0. The number of ether oxygens (including phenoxy) is 1. The number of hydrogen-bond acceptors (Lipinski definition) is 5. The van der Waals surface area contributed by atoms with Gasteiger partial charge in [-0.1, -0.05) is 0 Å². The topological polar surface area (TPSA) is 110 Å². The third-order valence-corrected chi connectivity index (χ3v) is 3.88. The Kier molecular flexibility index (Phi) is 5.36. The normalized spacial score (nSPS) is 11.0. The van der Waals surface area contributed by atoms with E-state index >= 15 is 0 Å². The van der Waals surface area contributed by atoms with Crippen LogP contribution in [0.1, 0.15) is 31.9 Å². The molecule has 0 radical (unpaired) electrons. The zero-order chi connectivity index (χ0) is 18.1. The molecule has 0 unspecified atom stereocenters. The van der Waals surface area contributed by atoms with Gasteiger partial charge in [0.1, 0.15) is 5.60 Å². The molecule has 126 valence electrons. The predicted molar refractivity (Wildman–Crippen MR) is 87.0 cm³/mol. The molecule has 0 heterocycles. The van der Waals surface area contributed by atoms with Crippen LogP contribution in [-0.2, 0) is 4.74 Å². The molecule has 0 fully saturated rings. The first kappa shape index (κ1) is 18.9. The minimum atomic E-state index is -1.67. The quantitative estimate of drug-likeness (QED) is 0.593. The highest BCUT2D eigenvalue weighted by atomic mass is 79.9. The van der Waals surface area contributed by atoms with Crippen LogP contribution in [0.4, 0.5) is 21.0 Å². The number of halogens is 1. The van der Waals surface area contributed by atoms with Crippen molar-refractivity contribution < 1.29 is 24.4 Å². The standard InChI is InChI=1S/C14H17BrN2O6/c1-7-6-9(17(21)22)11(10(15)8(7)2)16(12(18)19)13(20)23-14(3,4)5/h6H,1-5H3,(H,18,19). The maximum absolute atomic E-state index is 12.2. The molecular formula is C14H17BrN2O6. The summed E-state index contributed by atoms with van der Waals surface area (Å²) in [6, 6.07) is 1.22. The highest BCUT2D eigenvalue weighted by Gasteiger charge is 2.36. The van der Waals surface area contributed by atoms with Crippen molar-refractivity contribution in [2.24, 2.45) is 0 Å². The van der Waals surface area contributed by atoms with E-state index in [1.807, 2.05) is 0 Å². The van der Waals surface area contributed by atoms with Gasteiger partial charge in [0.05, 0.1) is 9.40 Å². The van der Waals surface area contributed by atoms with Crippen molar-refractivity contribution in [1.82, 2.24) is 0 Å². The molecular weight excluding hydrogens is 372 g/mol. The van der Waals surface area contributed by atoms with E-state index < -0.39 is 28.4 Å². The number of nitro groups is 1. The molecule has 0 aliphatic rings. The third kappa shape index (κ3) is 4.19. The molecule has 0 aromatic heterocycles. The van der Waals surface area contributed by atoms with Crippen LogP contribution in [0.5, 0.6) is 0 Å². The Labute approximate surface area is 141 Å². The first-order valence-electron chi connectivity index (χ1n) is 6.57. The molecule has 1 N–H and O–H groups in total. The van der Waals surface area contributed by atoms with Gasteiger partial charge in [-0.05, 0) is 61.7 Å². The van der Waals surface area contributed by atoms with E-state index in [1.54, 1.807) is 34.6 Å². The van der Waals surface area contributed by atoms with Crippen LogP contribution in [-0.4, -0.2) is 27.8 Å². The van der Waals surface area contributed by atoms with E-state index in [9.17, 15) is 24.8 Å². The number of carbonyl (C=O) groups excluding carboxylic acids is 1. The summed E-state index contributed by atoms with van der Waals surface area (Å²) in [6.45, 7) is 8.00. The van der Waals surface area contributed by atoms with Crippen molar-refractivity contribution in [3.05, 3.63) is 31.8 Å². The predicted octanol–water partition coefficient (Wildman–Crippen LogP) is 4.39. The first-order chi connectivity index (χ1) is 10.4. The van der Waals surface area contributed by atoms with Gasteiger partial charge in [0.15, 0.2) is 5.69 Å². The Balaban J connectivity index is 3.61. The summed E-state index contributed by atoms with van der Waals surface area (Å²) < 4.78 is 5.19. The van der Waals surface area contributed by atoms with Gasteiger partial charge < -0.3 is 9.84 Å². The van der Waals surface area contributed by atoms with Gasteiger partial charge in [-0.25, -0.2) is 9.59 Å². The molecule has 1 aromatic rings. The number of nitrogens with zero attached hydrogens (tertiary/aromatic N) is 2. The van der Waals surface area contributed by atoms with Crippen LogP contribution < -0.4 is 4.90 Å². The van der Waals surface area contributed by atoms with E-state index in [-0.39, 0.29) is 15.1 Å². The Morgan fingerprint density at radius 2 is 1.87 bits per heavy atom. The maximum atomic E-state index is 12.2. The Bertz CT molecular complexity index is 681. The van der Waals surface area contributed by atoms with Crippen molar-refractivity contribution >= 4 is 39.5 Å². The smallest absolute Gasteiger partial charge is 0.424 e. The number of rotatable bonds is 2. The van der Waals surface area contributed by atoms with Crippen molar-refractivity contribution in [2.75, 3.05) is 4.90 Å². The molecule has 0 aliphatic carbocycles. The molecule has 2 amide bonds. The highest BCUT2D eigenvalue weighted by molar-refractivity contribution is 9.10. The Hall–Kier alpha value is -2.16. The van der Waals surface area contributed by atoms with Crippen LogP contribution in [0.25, 0.3) is 0 Å². The van der Waals surface area contributed by atoms with Crippen LogP contribution in [0.15, 0.2) is 10.5 Å². The zero-order valence-electron chi connectivity index (χ0n) is 13.3. The minimum absolute atomic E-state index is 0.150. The van der Waals surface area contributed by atoms with Crippen LogP contribution >= 0.6 is 15.9 Å². The summed E-state index contributed by atoms with van der Waals surface area (Å²) in [4.78, 5) is 34.5. The summed E-state index contributed by atoms with van der Waals surface area (Å²) in [5, 5.41) is 20.7. The van der Waals surface area contributed by atoms with E-state index in [4.69, 9.17) is 4.74 Å². The summed E-state index contributed by atoms with van der Waals surface area (Å²) in [5.41, 5.74) is -0.665. The average Bonchev–Trinajstić information content (AvgIpc) is 2.36. The summed E-state index contributed by atoms with van der Waals surface area (Å²) in [7, 11) is 0. The molecule has 0 aliphatic heterocycles. The fourth-order valence-electron chi connectivity index (χ4n) is 1.77. The molecule has 0 atom stereocenters. The molecule has 9 heteroatoms. The Morgan fingerprint density at radius 1 is 1.35 bits per heavy atom. The molecule has 1 rings (SSSR count). The van der Waals surface area contributed by atoms with E-state index in [0.717, 1.165) is 0 Å². The second-order valence-electron chi connectivity index (χ2n) is 5.86. The number of aryl methyl sites for hydroxylation is 1. The number of anilines is 1. The third-order valence-electron chi connectivity index (χ3n) is 2.91. The summed E-state index contributed by atoms with van der Waals surface area (Å²) >= 11 is 3.15. The van der Waals surface area contributed by atoms with Crippen molar-refractivity contribution in [3.63, 3.8) is 0 Å². The number of hydrogen-bond donors (Lipinski definition) is 1. The van der Waals surface area contributed by atoms with Crippen molar-refractivity contribution in [3.8, 4) is 0 Å². The fraction of sp³-hybridized carbons (Fsp3) is 0.429. The number of imide groups is 1. The van der Waals surface area contributed by atoms with E-state index in [1.165, 1.54) is 6.07 Å². The van der Waals surface area contributed by atoms with Crippen LogP contribution in [0.2, 0.25) is 0 Å². The summed E-state index contributed by atoms with van der Waals surface area (Å²) in [6.07, 6.45) is -2.89. The highest BCUT2D eigenvalue weighted by Crippen LogP contribution is 2.40. The number of carbonyl (C=O) groups is 2.